The fraction of sp³-hybridized carbons (Fsp3) is 0.500. The van der Waals surface area contributed by atoms with Gasteiger partial charge < -0.3 is 28.7 Å². The first-order valence-electron chi connectivity index (χ1n) is 2.32. The standard InChI is InChI=1S/C5H9.3CH3.Zr/c1-2-4-5-3-1;;;;/h1H,2-5H2;3*1H3;/q4*-1;+4. The van der Waals surface area contributed by atoms with Gasteiger partial charge in [-0.15, -0.1) is 0 Å². The molecule has 0 aromatic heterocycles. The van der Waals surface area contributed by atoms with Crippen molar-refractivity contribution in [3.05, 3.63) is 28.7 Å². The van der Waals surface area contributed by atoms with E-state index in [1.165, 1.54) is 25.7 Å². The van der Waals surface area contributed by atoms with Crippen LogP contribution in [0.15, 0.2) is 0 Å². The number of rotatable bonds is 0. The van der Waals surface area contributed by atoms with Gasteiger partial charge in [-0.3, -0.25) is 0 Å². The minimum absolute atomic E-state index is 0. The normalized spacial score (nSPS) is 13.3. The first kappa shape index (κ1) is 22.5. The molecule has 1 heteroatoms. The van der Waals surface area contributed by atoms with Crippen LogP contribution < -0.4 is 0 Å². The summed E-state index contributed by atoms with van der Waals surface area (Å²) in [4.78, 5) is 0. The van der Waals surface area contributed by atoms with Crippen molar-refractivity contribution in [3.63, 3.8) is 0 Å². The SMILES string of the molecule is [CH-]1CCCC1.[CH3-].[CH3-].[CH3-].[Zr+4]. The van der Waals surface area contributed by atoms with Crippen molar-refractivity contribution >= 4 is 0 Å². The predicted molar refractivity (Wildman–Crippen MR) is 42.0 cm³/mol. The molecule has 0 radical (unpaired) electrons. The molecule has 0 unspecified atom stereocenters. The Kier molecular flexibility index (Phi) is 39.9. The van der Waals surface area contributed by atoms with E-state index in [0.29, 0.717) is 0 Å². The second-order valence-corrected chi connectivity index (χ2v) is 1.57. The van der Waals surface area contributed by atoms with Crippen LogP contribution in [-0.2, 0) is 26.2 Å². The second kappa shape index (κ2) is 15.9. The zero-order valence-corrected chi connectivity index (χ0v) is 9.36. The van der Waals surface area contributed by atoms with Gasteiger partial charge in [0.1, 0.15) is 0 Å². The summed E-state index contributed by atoms with van der Waals surface area (Å²) in [6.45, 7) is 0. The maximum Gasteiger partial charge on any atom is 4.00 e. The predicted octanol–water partition coefficient (Wildman–Crippen LogP) is 3.11. The van der Waals surface area contributed by atoms with E-state index in [4.69, 9.17) is 0 Å². The van der Waals surface area contributed by atoms with Crippen LogP contribution in [-0.4, -0.2) is 0 Å². The van der Waals surface area contributed by atoms with Crippen LogP contribution in [0.3, 0.4) is 0 Å². The Morgan fingerprint density at radius 2 is 1.11 bits per heavy atom. The molecule has 0 saturated heterocycles. The fourth-order valence-corrected chi connectivity index (χ4v) is 0.722. The molecule has 0 atom stereocenters. The smallest absolute Gasteiger partial charge is 0.358 e. The molecule has 0 spiro atoms. The second-order valence-electron chi connectivity index (χ2n) is 1.57. The van der Waals surface area contributed by atoms with Crippen molar-refractivity contribution in [3.8, 4) is 0 Å². The Morgan fingerprint density at radius 1 is 0.778 bits per heavy atom. The topological polar surface area (TPSA) is 0 Å². The quantitative estimate of drug-likeness (QED) is 0.533. The summed E-state index contributed by atoms with van der Waals surface area (Å²) in [6, 6.07) is 0. The van der Waals surface area contributed by atoms with Gasteiger partial charge in [-0.05, 0) is 0 Å². The summed E-state index contributed by atoms with van der Waals surface area (Å²) >= 11 is 0. The van der Waals surface area contributed by atoms with Crippen molar-refractivity contribution in [2.24, 2.45) is 0 Å². The van der Waals surface area contributed by atoms with Crippen molar-refractivity contribution in [1.82, 2.24) is 0 Å². The van der Waals surface area contributed by atoms with Gasteiger partial charge in [0, 0.05) is 0 Å². The number of hydrogen-bond acceptors (Lipinski definition) is 0. The van der Waals surface area contributed by atoms with Crippen LogP contribution in [0, 0.1) is 28.7 Å². The van der Waals surface area contributed by atoms with Crippen molar-refractivity contribution in [2.75, 3.05) is 0 Å². The van der Waals surface area contributed by atoms with E-state index >= 15 is 0 Å². The molecule has 1 rings (SSSR count). The van der Waals surface area contributed by atoms with Gasteiger partial charge in [0.15, 0.2) is 0 Å². The summed E-state index contributed by atoms with van der Waals surface area (Å²) in [6.07, 6.45) is 8.00. The molecule has 1 saturated carbocycles. The zero-order valence-electron chi connectivity index (χ0n) is 6.91. The molecule has 0 heterocycles. The minimum Gasteiger partial charge on any atom is -0.358 e. The van der Waals surface area contributed by atoms with E-state index in [0.717, 1.165) is 0 Å². The molecule has 0 nitrogen and oxygen atoms in total. The molecule has 0 aromatic rings. The molecule has 1 aliphatic carbocycles. The fourth-order valence-electron chi connectivity index (χ4n) is 0.722. The molecular formula is C8H18Zr. The maximum absolute atomic E-state index is 2.36. The van der Waals surface area contributed by atoms with Crippen LogP contribution in [0.5, 0.6) is 0 Å². The molecule has 0 aliphatic heterocycles. The maximum atomic E-state index is 2.36. The Morgan fingerprint density at radius 3 is 1.22 bits per heavy atom. The van der Waals surface area contributed by atoms with Gasteiger partial charge in [-0.1, -0.05) is 12.8 Å². The summed E-state index contributed by atoms with van der Waals surface area (Å²) < 4.78 is 0. The Bertz CT molecular complexity index is 16.1. The molecule has 1 fully saturated rings. The first-order valence-corrected chi connectivity index (χ1v) is 2.32. The van der Waals surface area contributed by atoms with Crippen molar-refractivity contribution in [1.29, 1.82) is 0 Å². The third-order valence-corrected chi connectivity index (χ3v) is 1.07. The molecule has 0 amide bonds. The van der Waals surface area contributed by atoms with E-state index in [1.807, 2.05) is 0 Å². The van der Waals surface area contributed by atoms with Crippen LogP contribution in [0.1, 0.15) is 25.7 Å². The van der Waals surface area contributed by atoms with E-state index in [2.05, 4.69) is 6.42 Å². The Balaban J connectivity index is -0.0000000312. The minimum atomic E-state index is 0. The van der Waals surface area contributed by atoms with Crippen molar-refractivity contribution < 1.29 is 26.2 Å². The molecule has 1 aliphatic rings. The average Bonchev–Trinajstić information content (AvgIpc) is 1.76. The van der Waals surface area contributed by atoms with E-state index in [9.17, 15) is 0 Å². The van der Waals surface area contributed by atoms with E-state index in [1.54, 1.807) is 0 Å². The Labute approximate surface area is 80.6 Å². The van der Waals surface area contributed by atoms with E-state index < -0.39 is 0 Å². The van der Waals surface area contributed by atoms with Gasteiger partial charge in [0.05, 0.1) is 0 Å². The molecule has 9 heavy (non-hydrogen) atoms. The monoisotopic (exact) mass is 204 g/mol. The van der Waals surface area contributed by atoms with Crippen molar-refractivity contribution in [2.45, 2.75) is 25.7 Å². The molecule has 54 valence electrons. The van der Waals surface area contributed by atoms with Crippen LogP contribution in [0.25, 0.3) is 0 Å². The van der Waals surface area contributed by atoms with E-state index in [-0.39, 0.29) is 48.5 Å². The molecule has 0 aromatic carbocycles. The third kappa shape index (κ3) is 12.2. The van der Waals surface area contributed by atoms with Crippen LogP contribution in [0.4, 0.5) is 0 Å². The molecule has 0 N–H and O–H groups in total. The summed E-state index contributed by atoms with van der Waals surface area (Å²) in [7, 11) is 0. The molecular weight excluding hydrogens is 187 g/mol. The number of hydrogen-bond donors (Lipinski definition) is 0. The average molecular weight is 205 g/mol. The summed E-state index contributed by atoms with van der Waals surface area (Å²) in [5.74, 6) is 0. The Hall–Kier alpha value is 0.883. The van der Waals surface area contributed by atoms with Crippen LogP contribution >= 0.6 is 0 Å². The first-order chi connectivity index (χ1) is 2.50. The summed E-state index contributed by atoms with van der Waals surface area (Å²) in [5, 5.41) is 0. The van der Waals surface area contributed by atoms with Gasteiger partial charge in [0.25, 0.3) is 0 Å². The summed E-state index contributed by atoms with van der Waals surface area (Å²) in [5.41, 5.74) is 0. The van der Waals surface area contributed by atoms with Crippen LogP contribution in [0.2, 0.25) is 0 Å². The zero-order chi connectivity index (χ0) is 3.54. The largest absolute Gasteiger partial charge is 4.00 e. The van der Waals surface area contributed by atoms with Gasteiger partial charge in [0.2, 0.25) is 0 Å². The van der Waals surface area contributed by atoms with Gasteiger partial charge in [-0.2, -0.15) is 12.8 Å². The van der Waals surface area contributed by atoms with Gasteiger partial charge in [-0.25, -0.2) is 0 Å². The third-order valence-electron chi connectivity index (χ3n) is 1.07. The van der Waals surface area contributed by atoms with Gasteiger partial charge >= 0.3 is 26.2 Å². The molecule has 0 bridgehead atoms.